The first kappa shape index (κ1) is 15.1. The molecular weight excluding hydrogens is 296 g/mol. The normalized spacial score (nSPS) is 12.2. The van der Waals surface area contributed by atoms with Crippen LogP contribution < -0.4 is 15.2 Å². The van der Waals surface area contributed by atoms with Crippen LogP contribution in [0.25, 0.3) is 0 Å². The van der Waals surface area contributed by atoms with E-state index in [1.165, 1.54) is 0 Å². The van der Waals surface area contributed by atoms with Crippen LogP contribution in [0.2, 0.25) is 5.02 Å². The van der Waals surface area contributed by atoms with Crippen molar-refractivity contribution < 1.29 is 9.47 Å². The van der Waals surface area contributed by atoms with Crippen LogP contribution >= 0.6 is 22.9 Å². The smallest absolute Gasteiger partial charge is 0.164 e. The summed E-state index contributed by atoms with van der Waals surface area (Å²) >= 11 is 7.74. The van der Waals surface area contributed by atoms with Gasteiger partial charge in [-0.2, -0.15) is 0 Å². The van der Waals surface area contributed by atoms with E-state index in [1.54, 1.807) is 37.8 Å². The molecule has 0 aliphatic heterocycles. The maximum absolute atomic E-state index is 6.13. The Kier molecular flexibility index (Phi) is 5.23. The number of methoxy groups -OCH3 is 2. The predicted molar refractivity (Wildman–Crippen MR) is 82.2 cm³/mol. The van der Waals surface area contributed by atoms with E-state index < -0.39 is 0 Å². The van der Waals surface area contributed by atoms with E-state index >= 15 is 0 Å². The lowest BCUT2D eigenvalue weighted by atomic mass is 9.99. The highest BCUT2D eigenvalue weighted by Crippen LogP contribution is 2.37. The number of halogens is 1. The molecule has 1 aromatic carbocycles. The average molecular weight is 313 g/mol. The molecule has 0 saturated carbocycles. The SMILES string of the molecule is COc1cc(Cl)cc(CC(CN)c2nccs2)c1OC. The van der Waals surface area contributed by atoms with Gasteiger partial charge in [0.05, 0.1) is 19.2 Å². The Hall–Kier alpha value is -1.30. The topological polar surface area (TPSA) is 57.4 Å². The summed E-state index contributed by atoms with van der Waals surface area (Å²) < 4.78 is 10.8. The molecule has 2 N–H and O–H groups in total. The Labute approximate surface area is 127 Å². The van der Waals surface area contributed by atoms with E-state index in [0.29, 0.717) is 29.5 Å². The van der Waals surface area contributed by atoms with Crippen LogP contribution in [0, 0.1) is 0 Å². The highest BCUT2D eigenvalue weighted by Gasteiger charge is 2.19. The molecule has 108 valence electrons. The van der Waals surface area contributed by atoms with Gasteiger partial charge in [0.1, 0.15) is 0 Å². The van der Waals surface area contributed by atoms with Gasteiger partial charge < -0.3 is 15.2 Å². The van der Waals surface area contributed by atoms with Crippen molar-refractivity contribution in [2.24, 2.45) is 5.73 Å². The Balaban J connectivity index is 2.34. The predicted octanol–water partition coefficient (Wildman–Crippen LogP) is 3.10. The number of hydrogen-bond acceptors (Lipinski definition) is 5. The summed E-state index contributed by atoms with van der Waals surface area (Å²) in [4.78, 5) is 4.34. The van der Waals surface area contributed by atoms with E-state index in [1.807, 2.05) is 11.4 Å². The fourth-order valence-corrected chi connectivity index (χ4v) is 3.12. The van der Waals surface area contributed by atoms with Gasteiger partial charge in [-0.05, 0) is 12.5 Å². The molecular formula is C14H17ClN2O2S. The third kappa shape index (κ3) is 3.23. The fraction of sp³-hybridized carbons (Fsp3) is 0.357. The first-order valence-corrected chi connectivity index (χ1v) is 7.45. The zero-order chi connectivity index (χ0) is 14.5. The van der Waals surface area contributed by atoms with E-state index in [-0.39, 0.29) is 5.92 Å². The van der Waals surface area contributed by atoms with Crippen molar-refractivity contribution in [3.05, 3.63) is 39.3 Å². The second-order valence-electron chi connectivity index (χ2n) is 4.31. The van der Waals surface area contributed by atoms with Gasteiger partial charge in [0.2, 0.25) is 0 Å². The van der Waals surface area contributed by atoms with E-state index in [9.17, 15) is 0 Å². The second kappa shape index (κ2) is 6.92. The summed E-state index contributed by atoms with van der Waals surface area (Å²) in [5.74, 6) is 1.48. The molecule has 0 amide bonds. The molecule has 4 nitrogen and oxygen atoms in total. The first-order valence-electron chi connectivity index (χ1n) is 6.19. The van der Waals surface area contributed by atoms with Crippen LogP contribution in [0.15, 0.2) is 23.7 Å². The highest BCUT2D eigenvalue weighted by molar-refractivity contribution is 7.09. The third-order valence-corrected chi connectivity index (χ3v) is 4.23. The second-order valence-corrected chi connectivity index (χ2v) is 5.67. The standard InChI is InChI=1S/C14H17ClN2O2S/c1-18-12-7-11(15)6-9(13(12)19-2)5-10(8-16)14-17-3-4-20-14/h3-4,6-7,10H,5,8,16H2,1-2H3. The highest BCUT2D eigenvalue weighted by atomic mass is 35.5. The van der Waals surface area contributed by atoms with Crippen LogP contribution in [0.4, 0.5) is 0 Å². The first-order chi connectivity index (χ1) is 9.69. The molecule has 0 saturated heterocycles. The van der Waals surface area contributed by atoms with Crippen molar-refractivity contribution in [1.82, 2.24) is 4.98 Å². The summed E-state index contributed by atoms with van der Waals surface area (Å²) in [5, 5.41) is 3.59. The summed E-state index contributed by atoms with van der Waals surface area (Å²) in [6.07, 6.45) is 2.50. The molecule has 0 aliphatic carbocycles. The van der Waals surface area contributed by atoms with Crippen LogP contribution in [-0.4, -0.2) is 25.7 Å². The quantitative estimate of drug-likeness (QED) is 0.890. The van der Waals surface area contributed by atoms with Crippen molar-refractivity contribution in [1.29, 1.82) is 0 Å². The van der Waals surface area contributed by atoms with E-state index in [4.69, 9.17) is 26.8 Å². The molecule has 1 aromatic heterocycles. The van der Waals surface area contributed by atoms with Crippen molar-refractivity contribution in [3.8, 4) is 11.5 Å². The zero-order valence-electron chi connectivity index (χ0n) is 11.4. The Bertz CT molecular complexity index is 561. The lowest BCUT2D eigenvalue weighted by Crippen LogP contribution is -2.15. The summed E-state index contributed by atoms with van der Waals surface area (Å²) in [5.41, 5.74) is 6.85. The lowest BCUT2D eigenvalue weighted by molar-refractivity contribution is 0.351. The van der Waals surface area contributed by atoms with Gasteiger partial charge in [0.25, 0.3) is 0 Å². The minimum Gasteiger partial charge on any atom is -0.493 e. The van der Waals surface area contributed by atoms with Crippen molar-refractivity contribution >= 4 is 22.9 Å². The van der Waals surface area contributed by atoms with E-state index in [2.05, 4.69) is 4.98 Å². The minimum atomic E-state index is 0.145. The lowest BCUT2D eigenvalue weighted by Gasteiger charge is -2.17. The number of ether oxygens (including phenoxy) is 2. The number of nitrogens with two attached hydrogens (primary N) is 1. The molecule has 20 heavy (non-hydrogen) atoms. The molecule has 2 rings (SSSR count). The van der Waals surface area contributed by atoms with Crippen molar-refractivity contribution in [3.63, 3.8) is 0 Å². The zero-order valence-corrected chi connectivity index (χ0v) is 13.0. The van der Waals surface area contributed by atoms with Gasteiger partial charge in [-0.25, -0.2) is 4.98 Å². The molecule has 1 atom stereocenters. The van der Waals surface area contributed by atoms with Crippen LogP contribution in [-0.2, 0) is 6.42 Å². The van der Waals surface area contributed by atoms with Gasteiger partial charge in [-0.15, -0.1) is 11.3 Å². The maximum atomic E-state index is 6.13. The van der Waals surface area contributed by atoms with Crippen LogP contribution in [0.1, 0.15) is 16.5 Å². The average Bonchev–Trinajstić information content (AvgIpc) is 2.97. The van der Waals surface area contributed by atoms with Crippen LogP contribution in [0.5, 0.6) is 11.5 Å². The molecule has 0 fully saturated rings. The van der Waals surface area contributed by atoms with Gasteiger partial charge in [-0.1, -0.05) is 11.6 Å². The van der Waals surface area contributed by atoms with Gasteiger partial charge in [-0.3, -0.25) is 0 Å². The maximum Gasteiger partial charge on any atom is 0.164 e. The number of thiazole rings is 1. The van der Waals surface area contributed by atoms with Crippen molar-refractivity contribution in [2.45, 2.75) is 12.3 Å². The Morgan fingerprint density at radius 3 is 2.70 bits per heavy atom. The van der Waals surface area contributed by atoms with Crippen LogP contribution in [0.3, 0.4) is 0 Å². The molecule has 6 heteroatoms. The number of benzene rings is 1. The monoisotopic (exact) mass is 312 g/mol. The largest absolute Gasteiger partial charge is 0.493 e. The molecule has 0 radical (unpaired) electrons. The number of nitrogens with zero attached hydrogens (tertiary/aromatic N) is 1. The third-order valence-electron chi connectivity index (χ3n) is 3.07. The Morgan fingerprint density at radius 2 is 2.15 bits per heavy atom. The van der Waals surface area contributed by atoms with Gasteiger partial charge >= 0.3 is 0 Å². The molecule has 1 heterocycles. The van der Waals surface area contributed by atoms with Gasteiger partial charge in [0, 0.05) is 40.7 Å². The van der Waals surface area contributed by atoms with Gasteiger partial charge in [0.15, 0.2) is 11.5 Å². The molecule has 0 aliphatic rings. The van der Waals surface area contributed by atoms with E-state index in [0.717, 1.165) is 10.6 Å². The molecule has 0 bridgehead atoms. The summed E-state index contributed by atoms with van der Waals surface area (Å²) in [6, 6.07) is 3.63. The molecule has 2 aromatic rings. The molecule has 0 spiro atoms. The van der Waals surface area contributed by atoms with Crippen molar-refractivity contribution in [2.75, 3.05) is 20.8 Å². The molecule has 1 unspecified atom stereocenters. The number of hydrogen-bond donors (Lipinski definition) is 1. The summed E-state index contributed by atoms with van der Waals surface area (Å²) in [7, 11) is 3.22. The fourth-order valence-electron chi connectivity index (χ4n) is 2.13. The number of aromatic nitrogens is 1. The Morgan fingerprint density at radius 1 is 1.35 bits per heavy atom. The number of rotatable bonds is 6. The summed E-state index contributed by atoms with van der Waals surface area (Å²) in [6.45, 7) is 0.519. The minimum absolute atomic E-state index is 0.145.